The lowest BCUT2D eigenvalue weighted by Gasteiger charge is -2.11. The molecule has 0 atom stereocenters. The number of carbonyl (C=O) groups excluding carboxylic acids is 2. The van der Waals surface area contributed by atoms with Crippen LogP contribution in [-0.4, -0.2) is 31.6 Å². The van der Waals surface area contributed by atoms with Crippen molar-refractivity contribution in [3.05, 3.63) is 109 Å². The minimum absolute atomic E-state index is 0.0695. The highest BCUT2D eigenvalue weighted by Gasteiger charge is 2.09. The first-order chi connectivity index (χ1) is 17.7. The summed E-state index contributed by atoms with van der Waals surface area (Å²) in [6.45, 7) is 1.22. The van der Waals surface area contributed by atoms with Crippen LogP contribution in [0, 0.1) is 0 Å². The van der Waals surface area contributed by atoms with Crippen molar-refractivity contribution in [1.29, 1.82) is 0 Å². The van der Waals surface area contributed by atoms with Crippen LogP contribution in [0.1, 0.15) is 16.1 Å². The van der Waals surface area contributed by atoms with Crippen molar-refractivity contribution < 1.29 is 23.5 Å². The summed E-state index contributed by atoms with van der Waals surface area (Å²) in [5.41, 5.74) is 1.76. The molecule has 8 heteroatoms. The Bertz CT molecular complexity index is 1240. The van der Waals surface area contributed by atoms with Crippen molar-refractivity contribution in [3.8, 4) is 11.5 Å². The van der Waals surface area contributed by atoms with Crippen molar-refractivity contribution in [2.45, 2.75) is 6.54 Å². The number of nitrogens with one attached hydrogen (secondary N) is 3. The third-order valence-electron chi connectivity index (χ3n) is 5.08. The maximum atomic E-state index is 12.4. The number of benzene rings is 3. The monoisotopic (exact) mass is 485 g/mol. The zero-order chi connectivity index (χ0) is 25.0. The Morgan fingerprint density at radius 3 is 2.22 bits per heavy atom. The smallest absolute Gasteiger partial charge is 0.251 e. The summed E-state index contributed by atoms with van der Waals surface area (Å²) in [4.78, 5) is 24.8. The second-order valence-electron chi connectivity index (χ2n) is 7.78. The van der Waals surface area contributed by atoms with E-state index in [9.17, 15) is 9.59 Å². The van der Waals surface area contributed by atoms with E-state index in [4.69, 9.17) is 13.9 Å². The molecule has 0 radical (unpaired) electrons. The molecule has 1 heterocycles. The molecule has 3 N–H and O–H groups in total. The molecule has 0 aliphatic rings. The maximum Gasteiger partial charge on any atom is 0.251 e. The highest BCUT2D eigenvalue weighted by atomic mass is 16.5. The Hall–Kier alpha value is -4.72. The van der Waals surface area contributed by atoms with Gasteiger partial charge in [-0.2, -0.15) is 0 Å². The van der Waals surface area contributed by atoms with Crippen LogP contribution in [0.4, 0.5) is 11.4 Å². The van der Waals surface area contributed by atoms with Gasteiger partial charge in [0.2, 0.25) is 5.91 Å². The fourth-order valence-electron chi connectivity index (χ4n) is 3.31. The Kier molecular flexibility index (Phi) is 8.58. The fraction of sp³-hybridized carbons (Fsp3) is 0.143. The third-order valence-corrected chi connectivity index (χ3v) is 5.08. The summed E-state index contributed by atoms with van der Waals surface area (Å²) in [5, 5.41) is 8.65. The molecule has 0 aliphatic carbocycles. The Balaban J connectivity index is 1.17. The Labute approximate surface area is 209 Å². The molecule has 8 nitrogen and oxygen atoms in total. The zero-order valence-electron chi connectivity index (χ0n) is 19.6. The summed E-state index contributed by atoms with van der Waals surface area (Å²) in [5.74, 6) is 1.69. The van der Waals surface area contributed by atoms with Crippen molar-refractivity contribution in [2.75, 3.05) is 30.4 Å². The lowest BCUT2D eigenvalue weighted by molar-refractivity contribution is -0.114. The van der Waals surface area contributed by atoms with E-state index in [1.807, 2.05) is 54.6 Å². The first-order valence-electron chi connectivity index (χ1n) is 11.5. The molecule has 4 aromatic rings. The van der Waals surface area contributed by atoms with E-state index in [2.05, 4.69) is 16.0 Å². The van der Waals surface area contributed by atoms with Gasteiger partial charge in [0, 0.05) is 16.9 Å². The maximum absolute atomic E-state index is 12.4. The van der Waals surface area contributed by atoms with Crippen LogP contribution in [0.3, 0.4) is 0 Å². The molecular formula is C28H27N3O5. The van der Waals surface area contributed by atoms with E-state index in [0.717, 1.165) is 11.4 Å². The van der Waals surface area contributed by atoms with Gasteiger partial charge < -0.3 is 29.8 Å². The largest absolute Gasteiger partial charge is 0.490 e. The van der Waals surface area contributed by atoms with E-state index in [1.165, 1.54) is 0 Å². The number of furan rings is 1. The highest BCUT2D eigenvalue weighted by molar-refractivity contribution is 5.98. The highest BCUT2D eigenvalue weighted by Crippen LogP contribution is 2.16. The number of anilines is 2. The third kappa shape index (κ3) is 7.66. The fourth-order valence-corrected chi connectivity index (χ4v) is 3.31. The standard InChI is InChI=1S/C28H27N3O5/c32-27(31-23-7-4-6-21(18-23)28(33)30-19-26-10-5-15-34-26)20-29-22-11-13-25(14-12-22)36-17-16-35-24-8-2-1-3-9-24/h1-15,18,29H,16-17,19-20H2,(H,30,33)(H,31,32). The topological polar surface area (TPSA) is 102 Å². The molecule has 0 saturated carbocycles. The predicted molar refractivity (Wildman–Crippen MR) is 137 cm³/mol. The van der Waals surface area contributed by atoms with Crippen LogP contribution in [0.2, 0.25) is 0 Å². The number of hydrogen-bond donors (Lipinski definition) is 3. The van der Waals surface area contributed by atoms with Crippen molar-refractivity contribution in [2.24, 2.45) is 0 Å². The lowest BCUT2D eigenvalue weighted by Crippen LogP contribution is -2.24. The van der Waals surface area contributed by atoms with Crippen molar-refractivity contribution in [3.63, 3.8) is 0 Å². The van der Waals surface area contributed by atoms with Gasteiger partial charge in [0.15, 0.2) is 0 Å². The molecule has 1 aromatic heterocycles. The first kappa shape index (κ1) is 24.4. The van der Waals surface area contributed by atoms with Gasteiger partial charge in [-0.25, -0.2) is 0 Å². The van der Waals surface area contributed by atoms with E-state index in [1.54, 1.807) is 42.7 Å². The summed E-state index contributed by atoms with van der Waals surface area (Å²) >= 11 is 0. The molecule has 4 rings (SSSR count). The van der Waals surface area contributed by atoms with Gasteiger partial charge in [-0.15, -0.1) is 0 Å². The Morgan fingerprint density at radius 1 is 0.750 bits per heavy atom. The molecule has 0 bridgehead atoms. The van der Waals surface area contributed by atoms with Gasteiger partial charge in [0.1, 0.15) is 30.5 Å². The zero-order valence-corrected chi connectivity index (χ0v) is 19.6. The van der Waals surface area contributed by atoms with Crippen LogP contribution in [-0.2, 0) is 11.3 Å². The second kappa shape index (κ2) is 12.7. The number of hydrogen-bond acceptors (Lipinski definition) is 6. The van der Waals surface area contributed by atoms with E-state index < -0.39 is 0 Å². The van der Waals surface area contributed by atoms with E-state index in [-0.39, 0.29) is 24.9 Å². The van der Waals surface area contributed by atoms with Crippen LogP contribution >= 0.6 is 0 Å². The normalized spacial score (nSPS) is 10.3. The predicted octanol–water partition coefficient (Wildman–Crippen LogP) is 4.72. The van der Waals surface area contributed by atoms with E-state index >= 15 is 0 Å². The van der Waals surface area contributed by atoms with E-state index in [0.29, 0.717) is 36.0 Å². The SMILES string of the molecule is O=C(CNc1ccc(OCCOc2ccccc2)cc1)Nc1cccc(C(=O)NCc2ccco2)c1. The molecule has 0 spiro atoms. The van der Waals surface area contributed by atoms with Crippen LogP contribution in [0.25, 0.3) is 0 Å². The summed E-state index contributed by atoms with van der Waals surface area (Å²) in [6.07, 6.45) is 1.55. The number of amides is 2. The van der Waals surface area contributed by atoms with Gasteiger partial charge in [0.05, 0.1) is 19.4 Å². The molecule has 0 aliphatic heterocycles. The molecule has 3 aromatic carbocycles. The van der Waals surface area contributed by atoms with Crippen molar-refractivity contribution >= 4 is 23.2 Å². The number of carbonyl (C=O) groups is 2. The van der Waals surface area contributed by atoms with Gasteiger partial charge >= 0.3 is 0 Å². The second-order valence-corrected chi connectivity index (χ2v) is 7.78. The summed E-state index contributed by atoms with van der Waals surface area (Å²) in [6, 6.07) is 27.2. The molecule has 0 saturated heterocycles. The van der Waals surface area contributed by atoms with Gasteiger partial charge in [-0.1, -0.05) is 24.3 Å². The average molecular weight is 486 g/mol. The molecule has 0 fully saturated rings. The van der Waals surface area contributed by atoms with Gasteiger partial charge in [-0.3, -0.25) is 9.59 Å². The van der Waals surface area contributed by atoms with Gasteiger partial charge in [0.25, 0.3) is 5.91 Å². The summed E-state index contributed by atoms with van der Waals surface area (Å²) in [7, 11) is 0. The lowest BCUT2D eigenvalue weighted by atomic mass is 10.2. The Morgan fingerprint density at radius 2 is 1.50 bits per heavy atom. The number of rotatable bonds is 12. The van der Waals surface area contributed by atoms with Gasteiger partial charge in [-0.05, 0) is 66.7 Å². The minimum atomic E-state index is -0.255. The molecule has 0 unspecified atom stereocenters. The molecule has 184 valence electrons. The minimum Gasteiger partial charge on any atom is -0.490 e. The average Bonchev–Trinajstić information content (AvgIpc) is 3.44. The van der Waals surface area contributed by atoms with Crippen LogP contribution in [0.15, 0.2) is 102 Å². The number of para-hydroxylation sites is 1. The molecule has 2 amide bonds. The molecular weight excluding hydrogens is 458 g/mol. The van der Waals surface area contributed by atoms with Crippen LogP contribution < -0.4 is 25.4 Å². The van der Waals surface area contributed by atoms with Crippen LogP contribution in [0.5, 0.6) is 11.5 Å². The first-order valence-corrected chi connectivity index (χ1v) is 11.5. The molecule has 36 heavy (non-hydrogen) atoms. The van der Waals surface area contributed by atoms with Crippen molar-refractivity contribution in [1.82, 2.24) is 5.32 Å². The summed E-state index contributed by atoms with van der Waals surface area (Å²) < 4.78 is 16.5. The quantitative estimate of drug-likeness (QED) is 0.251. The number of ether oxygens (including phenoxy) is 2.